The fourth-order valence-electron chi connectivity index (χ4n) is 3.14. The third kappa shape index (κ3) is 3.03. The Morgan fingerprint density at radius 2 is 1.88 bits per heavy atom. The van der Waals surface area contributed by atoms with Gasteiger partial charge in [0.25, 0.3) is 5.91 Å². The summed E-state index contributed by atoms with van der Waals surface area (Å²) in [4.78, 5) is 19.1. The van der Waals surface area contributed by atoms with Gasteiger partial charge in [0.15, 0.2) is 0 Å². The van der Waals surface area contributed by atoms with E-state index in [9.17, 15) is 4.79 Å². The van der Waals surface area contributed by atoms with Gasteiger partial charge < -0.3 is 9.42 Å². The Morgan fingerprint density at radius 3 is 2.68 bits per heavy atom. The molecular formula is C19H16ClN3O2. The molecule has 1 saturated heterocycles. The van der Waals surface area contributed by atoms with E-state index in [2.05, 4.69) is 10.1 Å². The summed E-state index contributed by atoms with van der Waals surface area (Å²) in [6.07, 6.45) is 1.72. The van der Waals surface area contributed by atoms with Crippen molar-refractivity contribution < 1.29 is 9.32 Å². The first-order valence-corrected chi connectivity index (χ1v) is 8.56. The molecule has 0 saturated carbocycles. The number of rotatable bonds is 3. The van der Waals surface area contributed by atoms with Gasteiger partial charge >= 0.3 is 0 Å². The molecule has 1 atom stereocenters. The van der Waals surface area contributed by atoms with Gasteiger partial charge in [0.2, 0.25) is 11.7 Å². The lowest BCUT2D eigenvalue weighted by Crippen LogP contribution is -2.30. The van der Waals surface area contributed by atoms with E-state index in [1.165, 1.54) is 0 Å². The van der Waals surface area contributed by atoms with Gasteiger partial charge in [-0.25, -0.2) is 0 Å². The largest absolute Gasteiger partial charge is 0.337 e. The number of nitrogens with zero attached hydrogens (tertiary/aromatic N) is 3. The van der Waals surface area contributed by atoms with Crippen molar-refractivity contribution in [3.63, 3.8) is 0 Å². The molecule has 0 N–H and O–H groups in total. The molecule has 0 aliphatic carbocycles. The Bertz CT molecular complexity index is 894. The number of aromatic nitrogens is 2. The predicted octanol–water partition coefficient (Wildman–Crippen LogP) is 4.37. The van der Waals surface area contributed by atoms with E-state index < -0.39 is 0 Å². The van der Waals surface area contributed by atoms with Crippen molar-refractivity contribution in [3.8, 4) is 11.4 Å². The van der Waals surface area contributed by atoms with Crippen LogP contribution in [0.4, 0.5) is 0 Å². The Morgan fingerprint density at radius 1 is 1.12 bits per heavy atom. The first kappa shape index (κ1) is 15.8. The van der Waals surface area contributed by atoms with E-state index in [4.69, 9.17) is 16.1 Å². The van der Waals surface area contributed by atoms with Crippen LogP contribution < -0.4 is 0 Å². The van der Waals surface area contributed by atoms with Crippen LogP contribution in [0.5, 0.6) is 0 Å². The summed E-state index contributed by atoms with van der Waals surface area (Å²) in [5.74, 6) is 0.886. The van der Waals surface area contributed by atoms with Gasteiger partial charge in [-0.1, -0.05) is 47.1 Å². The number of hydrogen-bond acceptors (Lipinski definition) is 4. The maximum Gasteiger partial charge on any atom is 0.254 e. The monoisotopic (exact) mass is 353 g/mol. The zero-order valence-corrected chi connectivity index (χ0v) is 14.2. The maximum absolute atomic E-state index is 12.8. The van der Waals surface area contributed by atoms with Crippen LogP contribution in [0.2, 0.25) is 5.02 Å². The summed E-state index contributed by atoms with van der Waals surface area (Å²) in [6, 6.07) is 16.4. The number of hydrogen-bond donors (Lipinski definition) is 0. The molecule has 0 spiro atoms. The van der Waals surface area contributed by atoms with Crippen LogP contribution in [-0.4, -0.2) is 27.5 Å². The minimum Gasteiger partial charge on any atom is -0.337 e. The van der Waals surface area contributed by atoms with Crippen LogP contribution in [0.1, 0.15) is 35.1 Å². The summed E-state index contributed by atoms with van der Waals surface area (Å²) < 4.78 is 5.46. The molecule has 2 heterocycles. The summed E-state index contributed by atoms with van der Waals surface area (Å²) in [5, 5.41) is 4.62. The summed E-state index contributed by atoms with van der Waals surface area (Å²) in [7, 11) is 0. The van der Waals surface area contributed by atoms with Gasteiger partial charge in [-0.15, -0.1) is 0 Å². The summed E-state index contributed by atoms with van der Waals surface area (Å²) in [6.45, 7) is 0.683. The topological polar surface area (TPSA) is 59.2 Å². The van der Waals surface area contributed by atoms with Crippen molar-refractivity contribution in [1.29, 1.82) is 0 Å². The van der Waals surface area contributed by atoms with Gasteiger partial charge in [-0.05, 0) is 37.1 Å². The summed E-state index contributed by atoms with van der Waals surface area (Å²) >= 11 is 6.20. The highest BCUT2D eigenvalue weighted by Crippen LogP contribution is 2.34. The van der Waals surface area contributed by atoms with Crippen molar-refractivity contribution in [2.75, 3.05) is 6.54 Å². The van der Waals surface area contributed by atoms with Gasteiger partial charge in [-0.2, -0.15) is 4.98 Å². The van der Waals surface area contributed by atoms with Crippen molar-refractivity contribution in [2.24, 2.45) is 0 Å². The molecule has 0 radical (unpaired) electrons. The normalized spacial score (nSPS) is 17.0. The average molecular weight is 354 g/mol. The second-order valence-electron chi connectivity index (χ2n) is 5.96. The number of amides is 1. The van der Waals surface area contributed by atoms with Gasteiger partial charge in [0.1, 0.15) is 6.04 Å². The first-order valence-electron chi connectivity index (χ1n) is 8.18. The standard InChI is InChI=1S/C19H16ClN3O2/c20-15-10-5-4-9-14(15)17-21-18(25-22-17)16-11-6-12-23(16)19(24)13-7-2-1-3-8-13/h1-5,7-10,16H,6,11-12H2/t16-/m1/s1. The maximum atomic E-state index is 12.8. The van der Waals surface area contributed by atoms with E-state index in [1.54, 1.807) is 11.0 Å². The molecule has 1 aromatic heterocycles. The van der Waals surface area contributed by atoms with Crippen molar-refractivity contribution in [2.45, 2.75) is 18.9 Å². The van der Waals surface area contributed by atoms with Gasteiger partial charge in [0, 0.05) is 17.7 Å². The number of carbonyl (C=O) groups is 1. The minimum absolute atomic E-state index is 0.0133. The van der Waals surface area contributed by atoms with Gasteiger partial charge in [-0.3, -0.25) is 4.79 Å². The van der Waals surface area contributed by atoms with Gasteiger partial charge in [0.05, 0.1) is 5.02 Å². The molecule has 5 nitrogen and oxygen atoms in total. The molecule has 3 aromatic rings. The van der Waals surface area contributed by atoms with E-state index in [1.807, 2.05) is 48.5 Å². The lowest BCUT2D eigenvalue weighted by Gasteiger charge is -2.21. The van der Waals surface area contributed by atoms with Crippen LogP contribution in [0, 0.1) is 0 Å². The third-order valence-corrected chi connectivity index (χ3v) is 4.71. The second kappa shape index (κ2) is 6.69. The van der Waals surface area contributed by atoms with Crippen LogP contribution in [-0.2, 0) is 0 Å². The minimum atomic E-state index is -0.198. The van der Waals surface area contributed by atoms with Crippen molar-refractivity contribution in [3.05, 3.63) is 71.1 Å². The van der Waals surface area contributed by atoms with Crippen LogP contribution >= 0.6 is 11.6 Å². The fourth-order valence-corrected chi connectivity index (χ4v) is 3.36. The molecule has 25 heavy (non-hydrogen) atoms. The highest BCUT2D eigenvalue weighted by molar-refractivity contribution is 6.33. The SMILES string of the molecule is O=C(c1ccccc1)N1CCC[C@@H]1c1nc(-c2ccccc2Cl)no1. The van der Waals surface area contributed by atoms with E-state index in [0.29, 0.717) is 28.8 Å². The highest BCUT2D eigenvalue weighted by Gasteiger charge is 2.34. The lowest BCUT2D eigenvalue weighted by molar-refractivity contribution is 0.0710. The third-order valence-electron chi connectivity index (χ3n) is 4.38. The number of halogens is 1. The second-order valence-corrected chi connectivity index (χ2v) is 6.37. The Labute approximate surface area is 150 Å². The Balaban J connectivity index is 1.61. The molecule has 0 unspecified atom stereocenters. The fraction of sp³-hybridized carbons (Fsp3) is 0.211. The molecular weight excluding hydrogens is 338 g/mol. The molecule has 1 aliphatic rings. The molecule has 6 heteroatoms. The van der Waals surface area contributed by atoms with E-state index >= 15 is 0 Å². The average Bonchev–Trinajstić information content (AvgIpc) is 3.31. The molecule has 2 aromatic carbocycles. The number of likely N-dealkylation sites (tertiary alicyclic amines) is 1. The van der Waals surface area contributed by atoms with E-state index in [-0.39, 0.29) is 11.9 Å². The smallest absolute Gasteiger partial charge is 0.254 e. The zero-order valence-electron chi connectivity index (χ0n) is 13.4. The van der Waals surface area contributed by atoms with Crippen molar-refractivity contribution in [1.82, 2.24) is 15.0 Å². The Hall–Kier alpha value is -2.66. The lowest BCUT2D eigenvalue weighted by atomic mass is 10.1. The van der Waals surface area contributed by atoms with Crippen LogP contribution in [0.3, 0.4) is 0 Å². The van der Waals surface area contributed by atoms with Crippen molar-refractivity contribution >= 4 is 17.5 Å². The van der Waals surface area contributed by atoms with Crippen LogP contribution in [0.25, 0.3) is 11.4 Å². The molecule has 126 valence electrons. The molecule has 1 fully saturated rings. The summed E-state index contributed by atoms with van der Waals surface area (Å²) in [5.41, 5.74) is 1.39. The number of carbonyl (C=O) groups excluding carboxylic acids is 1. The molecule has 4 rings (SSSR count). The molecule has 0 bridgehead atoms. The first-order chi connectivity index (χ1) is 12.2. The van der Waals surface area contributed by atoms with E-state index in [0.717, 1.165) is 18.4 Å². The molecule has 1 aliphatic heterocycles. The quantitative estimate of drug-likeness (QED) is 0.701. The predicted molar refractivity (Wildman–Crippen MR) is 94.2 cm³/mol. The Kier molecular flexibility index (Phi) is 4.24. The number of benzene rings is 2. The zero-order chi connectivity index (χ0) is 17.2. The molecule has 1 amide bonds. The van der Waals surface area contributed by atoms with Crippen LogP contribution in [0.15, 0.2) is 59.1 Å². The highest BCUT2D eigenvalue weighted by atomic mass is 35.5.